The van der Waals surface area contributed by atoms with Gasteiger partial charge in [-0.15, -0.1) is 0 Å². The van der Waals surface area contributed by atoms with Crippen molar-refractivity contribution in [3.63, 3.8) is 0 Å². The number of carbonyl (C=O) groups is 1. The molecule has 0 aliphatic rings. The minimum atomic E-state index is -0.548. The van der Waals surface area contributed by atoms with Gasteiger partial charge in [0.15, 0.2) is 5.78 Å². The van der Waals surface area contributed by atoms with Crippen LogP contribution in [0.25, 0.3) is 0 Å². The first-order chi connectivity index (χ1) is 8.11. The van der Waals surface area contributed by atoms with Gasteiger partial charge in [-0.2, -0.15) is 0 Å². The van der Waals surface area contributed by atoms with Crippen molar-refractivity contribution in [2.24, 2.45) is 0 Å². The Morgan fingerprint density at radius 1 is 1.06 bits per heavy atom. The Morgan fingerprint density at radius 2 is 1.71 bits per heavy atom. The summed E-state index contributed by atoms with van der Waals surface area (Å²) in [6.45, 7) is 0. The lowest BCUT2D eigenvalue weighted by atomic mass is 10.0. The van der Waals surface area contributed by atoms with Gasteiger partial charge in [0.2, 0.25) is 0 Å². The molecule has 0 radical (unpaired) electrons. The lowest BCUT2D eigenvalue weighted by Gasteiger charge is -2.05. The first-order valence-corrected chi connectivity index (χ1v) is 6.01. The molecule has 4 heteroatoms. The molecule has 0 aromatic heterocycles. The quantitative estimate of drug-likeness (QED) is 0.748. The normalized spacial score (nSPS) is 10.3. The van der Waals surface area contributed by atoms with Crippen LogP contribution < -0.4 is 0 Å². The van der Waals surface area contributed by atoms with E-state index in [0.717, 1.165) is 0 Å². The number of benzene rings is 2. The van der Waals surface area contributed by atoms with Crippen LogP contribution in [0.4, 0.5) is 4.39 Å². The number of hydrogen-bond donors (Lipinski definition) is 0. The molecule has 2 rings (SSSR count). The van der Waals surface area contributed by atoms with Crippen molar-refractivity contribution < 1.29 is 9.18 Å². The van der Waals surface area contributed by atoms with Gasteiger partial charge in [0.1, 0.15) is 5.82 Å². The standard InChI is InChI=1S/C13H7BrClFO/c14-10-6-3-5-9(12(10)15)13(17)8-4-1-2-7-11(8)16/h1-7H. The smallest absolute Gasteiger partial charge is 0.197 e. The van der Waals surface area contributed by atoms with E-state index in [1.807, 2.05) is 0 Å². The van der Waals surface area contributed by atoms with Crippen LogP contribution in [0.15, 0.2) is 46.9 Å². The van der Waals surface area contributed by atoms with Crippen molar-refractivity contribution in [2.45, 2.75) is 0 Å². The number of halogens is 3. The number of hydrogen-bond acceptors (Lipinski definition) is 1. The molecule has 2 aromatic rings. The van der Waals surface area contributed by atoms with Crippen molar-refractivity contribution >= 4 is 33.3 Å². The Labute approximate surface area is 111 Å². The molecule has 2 aromatic carbocycles. The Balaban J connectivity index is 2.52. The van der Waals surface area contributed by atoms with E-state index in [1.54, 1.807) is 24.3 Å². The monoisotopic (exact) mass is 312 g/mol. The molecule has 0 unspecified atom stereocenters. The summed E-state index contributed by atoms with van der Waals surface area (Å²) in [6.07, 6.45) is 0. The van der Waals surface area contributed by atoms with Gasteiger partial charge >= 0.3 is 0 Å². The fourth-order valence-electron chi connectivity index (χ4n) is 1.47. The summed E-state index contributed by atoms with van der Waals surface area (Å²) in [6, 6.07) is 10.8. The predicted octanol–water partition coefficient (Wildman–Crippen LogP) is 4.47. The Kier molecular flexibility index (Phi) is 3.60. The van der Waals surface area contributed by atoms with E-state index in [4.69, 9.17) is 11.6 Å². The van der Waals surface area contributed by atoms with Gasteiger partial charge in [0, 0.05) is 10.0 Å². The van der Waals surface area contributed by atoms with Crippen LogP contribution in [0.5, 0.6) is 0 Å². The maximum atomic E-state index is 13.5. The Morgan fingerprint density at radius 3 is 2.41 bits per heavy atom. The van der Waals surface area contributed by atoms with E-state index in [2.05, 4.69) is 15.9 Å². The third-order valence-electron chi connectivity index (χ3n) is 2.31. The van der Waals surface area contributed by atoms with Crippen LogP contribution in [0.2, 0.25) is 5.02 Å². The highest BCUT2D eigenvalue weighted by molar-refractivity contribution is 9.10. The van der Waals surface area contributed by atoms with E-state index in [0.29, 0.717) is 9.50 Å². The van der Waals surface area contributed by atoms with Gasteiger partial charge in [-0.1, -0.05) is 29.8 Å². The molecule has 0 saturated heterocycles. The lowest BCUT2D eigenvalue weighted by molar-refractivity contribution is 0.103. The molecular weight excluding hydrogens is 306 g/mol. The van der Waals surface area contributed by atoms with Crippen LogP contribution in [0.1, 0.15) is 15.9 Å². The van der Waals surface area contributed by atoms with Gasteiger partial charge in [0.25, 0.3) is 0 Å². The molecular formula is C13H7BrClFO. The van der Waals surface area contributed by atoms with E-state index in [9.17, 15) is 9.18 Å². The molecule has 86 valence electrons. The average molecular weight is 314 g/mol. The summed E-state index contributed by atoms with van der Waals surface area (Å²) in [7, 11) is 0. The van der Waals surface area contributed by atoms with Crippen LogP contribution in [0.3, 0.4) is 0 Å². The third-order valence-corrected chi connectivity index (χ3v) is 3.61. The number of carbonyl (C=O) groups excluding carboxylic acids is 1. The molecule has 1 nitrogen and oxygen atoms in total. The third kappa shape index (κ3) is 2.40. The van der Waals surface area contributed by atoms with E-state index >= 15 is 0 Å². The van der Waals surface area contributed by atoms with E-state index in [-0.39, 0.29) is 11.1 Å². The van der Waals surface area contributed by atoms with Gasteiger partial charge in [-0.3, -0.25) is 4.79 Å². The zero-order valence-corrected chi connectivity index (χ0v) is 10.9. The second-order valence-electron chi connectivity index (χ2n) is 3.41. The molecule has 0 atom stereocenters. The van der Waals surface area contributed by atoms with Crippen molar-refractivity contribution in [3.8, 4) is 0 Å². The van der Waals surface area contributed by atoms with Gasteiger partial charge in [-0.05, 0) is 40.2 Å². The zero-order valence-electron chi connectivity index (χ0n) is 8.58. The van der Waals surface area contributed by atoms with Crippen LogP contribution in [-0.4, -0.2) is 5.78 Å². The minimum absolute atomic E-state index is 0.0208. The molecule has 0 N–H and O–H groups in total. The van der Waals surface area contributed by atoms with Crippen molar-refractivity contribution in [2.75, 3.05) is 0 Å². The molecule has 0 bridgehead atoms. The molecule has 0 saturated carbocycles. The molecule has 0 amide bonds. The SMILES string of the molecule is O=C(c1ccccc1F)c1cccc(Br)c1Cl. The highest BCUT2D eigenvalue weighted by Gasteiger charge is 2.17. The van der Waals surface area contributed by atoms with Crippen LogP contribution in [-0.2, 0) is 0 Å². The van der Waals surface area contributed by atoms with Crippen LogP contribution in [0, 0.1) is 5.82 Å². The van der Waals surface area contributed by atoms with Crippen molar-refractivity contribution in [1.82, 2.24) is 0 Å². The van der Waals surface area contributed by atoms with E-state index in [1.165, 1.54) is 18.2 Å². The van der Waals surface area contributed by atoms with Crippen molar-refractivity contribution in [1.29, 1.82) is 0 Å². The summed E-state index contributed by atoms with van der Waals surface area (Å²) < 4.78 is 14.1. The average Bonchev–Trinajstić information content (AvgIpc) is 2.32. The molecule has 0 fully saturated rings. The lowest BCUT2D eigenvalue weighted by Crippen LogP contribution is -2.04. The highest BCUT2D eigenvalue weighted by atomic mass is 79.9. The summed E-state index contributed by atoms with van der Waals surface area (Å²) in [5.41, 5.74) is 0.304. The maximum Gasteiger partial charge on any atom is 0.197 e. The molecule has 0 spiro atoms. The maximum absolute atomic E-state index is 13.5. The molecule has 0 aliphatic carbocycles. The molecule has 0 heterocycles. The number of rotatable bonds is 2. The predicted molar refractivity (Wildman–Crippen MR) is 69.0 cm³/mol. The summed E-state index contributed by atoms with van der Waals surface area (Å²) in [5.74, 6) is -0.969. The summed E-state index contributed by atoms with van der Waals surface area (Å²) >= 11 is 9.23. The Hall–Kier alpha value is -1.19. The fraction of sp³-hybridized carbons (Fsp3) is 0. The largest absolute Gasteiger partial charge is 0.288 e. The van der Waals surface area contributed by atoms with Crippen molar-refractivity contribution in [3.05, 3.63) is 68.9 Å². The van der Waals surface area contributed by atoms with Gasteiger partial charge < -0.3 is 0 Å². The fourth-order valence-corrected chi connectivity index (χ4v) is 2.05. The Bertz CT molecular complexity index is 583. The topological polar surface area (TPSA) is 17.1 Å². The minimum Gasteiger partial charge on any atom is -0.288 e. The first-order valence-electron chi connectivity index (χ1n) is 4.84. The number of ketones is 1. The second kappa shape index (κ2) is 4.98. The molecule has 17 heavy (non-hydrogen) atoms. The van der Waals surface area contributed by atoms with E-state index < -0.39 is 11.6 Å². The highest BCUT2D eigenvalue weighted by Crippen LogP contribution is 2.28. The van der Waals surface area contributed by atoms with Gasteiger partial charge in [0.05, 0.1) is 10.6 Å². The first kappa shape index (κ1) is 12.3. The molecule has 0 aliphatic heterocycles. The zero-order chi connectivity index (χ0) is 12.4. The summed E-state index contributed by atoms with van der Waals surface area (Å²) in [4.78, 5) is 12.1. The summed E-state index contributed by atoms with van der Waals surface area (Å²) in [5, 5.41) is 0.292. The van der Waals surface area contributed by atoms with Gasteiger partial charge in [-0.25, -0.2) is 4.39 Å². The second-order valence-corrected chi connectivity index (χ2v) is 4.64. The van der Waals surface area contributed by atoms with Crippen LogP contribution >= 0.6 is 27.5 Å².